The molecular formula is C7H14NO4S+. The average molecular weight is 208 g/mol. The molecule has 13 heavy (non-hydrogen) atoms. The van der Waals surface area contributed by atoms with Crippen LogP contribution in [-0.2, 0) is 14.6 Å². The fourth-order valence-corrected chi connectivity index (χ4v) is 3.22. The molecule has 0 aromatic rings. The van der Waals surface area contributed by atoms with E-state index >= 15 is 0 Å². The van der Waals surface area contributed by atoms with E-state index in [2.05, 4.69) is 0 Å². The Labute approximate surface area is 77.1 Å². The van der Waals surface area contributed by atoms with Gasteiger partial charge in [0.25, 0.3) is 0 Å². The number of hydrogen-bond acceptors (Lipinski definition) is 3. The molecule has 0 bridgehead atoms. The molecule has 1 fully saturated rings. The van der Waals surface area contributed by atoms with Gasteiger partial charge in [0, 0.05) is 6.42 Å². The molecule has 0 aromatic carbocycles. The zero-order chi connectivity index (χ0) is 10.1. The number of aliphatic carboxylic acids is 1. The molecule has 0 aliphatic carbocycles. The quantitative estimate of drug-likeness (QED) is 0.573. The highest BCUT2D eigenvalue weighted by molar-refractivity contribution is 7.91. The Morgan fingerprint density at radius 2 is 2.23 bits per heavy atom. The van der Waals surface area contributed by atoms with Crippen LogP contribution in [0, 0.1) is 0 Å². The maximum atomic E-state index is 11.0. The van der Waals surface area contributed by atoms with Crippen LogP contribution in [0.3, 0.4) is 0 Å². The first-order chi connectivity index (χ1) is 5.91. The third kappa shape index (κ3) is 2.96. The molecule has 1 heterocycles. The van der Waals surface area contributed by atoms with Crippen molar-refractivity contribution in [2.24, 2.45) is 0 Å². The van der Waals surface area contributed by atoms with Crippen molar-refractivity contribution >= 4 is 15.8 Å². The van der Waals surface area contributed by atoms with E-state index in [0.29, 0.717) is 6.42 Å². The van der Waals surface area contributed by atoms with Gasteiger partial charge in [0.05, 0.1) is 5.75 Å². The largest absolute Gasteiger partial charge is 0.477 e. The van der Waals surface area contributed by atoms with Crippen molar-refractivity contribution in [2.75, 3.05) is 11.5 Å². The minimum atomic E-state index is -2.89. The van der Waals surface area contributed by atoms with Crippen LogP contribution in [-0.4, -0.2) is 43.1 Å². The Morgan fingerprint density at radius 3 is 2.62 bits per heavy atom. The fraction of sp³-hybridized carbons (Fsp3) is 0.857. The molecule has 0 aromatic heterocycles. The van der Waals surface area contributed by atoms with Gasteiger partial charge >= 0.3 is 5.97 Å². The summed E-state index contributed by atoms with van der Waals surface area (Å²) in [6.45, 7) is 1.56. The molecule has 6 heteroatoms. The van der Waals surface area contributed by atoms with E-state index in [1.54, 1.807) is 12.2 Å². The number of carboxylic acid groups (broad SMARTS) is 1. The fourth-order valence-electron chi connectivity index (χ4n) is 1.47. The summed E-state index contributed by atoms with van der Waals surface area (Å²) in [7, 11) is -2.89. The van der Waals surface area contributed by atoms with Crippen LogP contribution in [0.5, 0.6) is 0 Å². The molecular weight excluding hydrogens is 194 g/mol. The van der Waals surface area contributed by atoms with Crippen LogP contribution in [0.15, 0.2) is 0 Å². The van der Waals surface area contributed by atoms with Gasteiger partial charge in [-0.05, 0) is 6.92 Å². The number of nitrogens with two attached hydrogens (primary N) is 1. The number of quaternary nitrogens is 1. The van der Waals surface area contributed by atoms with Crippen LogP contribution in [0.4, 0.5) is 0 Å². The summed E-state index contributed by atoms with van der Waals surface area (Å²) < 4.78 is 22.0. The molecule has 1 aliphatic rings. The summed E-state index contributed by atoms with van der Waals surface area (Å²) in [5, 5.41) is 10.2. The molecule has 0 amide bonds. The summed E-state index contributed by atoms with van der Waals surface area (Å²) in [4.78, 5) is 10.5. The monoisotopic (exact) mass is 208 g/mol. The van der Waals surface area contributed by atoms with Crippen molar-refractivity contribution in [3.05, 3.63) is 0 Å². The van der Waals surface area contributed by atoms with Crippen molar-refractivity contribution in [2.45, 2.75) is 25.4 Å². The van der Waals surface area contributed by atoms with Crippen molar-refractivity contribution in [3.63, 3.8) is 0 Å². The number of rotatable bonds is 3. The lowest BCUT2D eigenvalue weighted by Gasteiger charge is -2.10. The molecule has 2 unspecified atom stereocenters. The Balaban J connectivity index is 2.45. The number of hydrogen-bond donors (Lipinski definition) is 2. The van der Waals surface area contributed by atoms with Crippen molar-refractivity contribution in [1.82, 2.24) is 0 Å². The molecule has 0 saturated carbocycles. The highest BCUT2D eigenvalue weighted by atomic mass is 32.2. The molecule has 3 N–H and O–H groups in total. The van der Waals surface area contributed by atoms with Gasteiger partial charge in [0.2, 0.25) is 0 Å². The topological polar surface area (TPSA) is 88.0 Å². The van der Waals surface area contributed by atoms with E-state index in [4.69, 9.17) is 5.11 Å². The molecule has 76 valence electrons. The molecule has 2 atom stereocenters. The predicted octanol–water partition coefficient (Wildman–Crippen LogP) is -1.79. The van der Waals surface area contributed by atoms with Crippen LogP contribution in [0.25, 0.3) is 0 Å². The maximum Gasteiger partial charge on any atom is 0.362 e. The van der Waals surface area contributed by atoms with E-state index in [0.717, 1.165) is 0 Å². The van der Waals surface area contributed by atoms with Crippen molar-refractivity contribution in [1.29, 1.82) is 0 Å². The van der Waals surface area contributed by atoms with Crippen LogP contribution >= 0.6 is 0 Å². The average Bonchev–Trinajstić information content (AvgIpc) is 2.30. The second-order valence-corrected chi connectivity index (χ2v) is 5.71. The van der Waals surface area contributed by atoms with E-state index in [9.17, 15) is 13.2 Å². The second kappa shape index (κ2) is 3.63. The van der Waals surface area contributed by atoms with Crippen molar-refractivity contribution < 1.29 is 23.6 Å². The number of carboxylic acids is 1. The minimum Gasteiger partial charge on any atom is -0.477 e. The zero-order valence-electron chi connectivity index (χ0n) is 7.43. The summed E-state index contributed by atoms with van der Waals surface area (Å²) in [6.07, 6.45) is 0.569. The van der Waals surface area contributed by atoms with Gasteiger partial charge in [-0.25, -0.2) is 13.2 Å². The van der Waals surface area contributed by atoms with Gasteiger partial charge in [0.15, 0.2) is 15.9 Å². The molecule has 5 nitrogen and oxygen atoms in total. The summed E-state index contributed by atoms with van der Waals surface area (Å²) >= 11 is 0. The van der Waals surface area contributed by atoms with Crippen LogP contribution in [0.1, 0.15) is 13.3 Å². The highest BCUT2D eigenvalue weighted by Crippen LogP contribution is 2.07. The first-order valence-electron chi connectivity index (χ1n) is 4.19. The summed E-state index contributed by atoms with van der Waals surface area (Å²) in [5.74, 6) is -0.588. The number of carbonyl (C=O) groups is 1. The van der Waals surface area contributed by atoms with Crippen LogP contribution < -0.4 is 5.32 Å². The van der Waals surface area contributed by atoms with Crippen molar-refractivity contribution in [3.8, 4) is 0 Å². The van der Waals surface area contributed by atoms with Gasteiger partial charge in [-0.2, -0.15) is 0 Å². The Kier molecular flexibility index (Phi) is 2.92. The third-order valence-electron chi connectivity index (χ3n) is 2.22. The third-order valence-corrected chi connectivity index (χ3v) is 4.01. The number of sulfone groups is 1. The Hall–Kier alpha value is -0.620. The first kappa shape index (κ1) is 10.5. The first-order valence-corrected chi connectivity index (χ1v) is 6.01. The normalized spacial score (nSPS) is 28.5. The second-order valence-electron chi connectivity index (χ2n) is 3.48. The molecule has 1 saturated heterocycles. The minimum absolute atomic E-state index is 0.0731. The smallest absolute Gasteiger partial charge is 0.362 e. The maximum absolute atomic E-state index is 11.0. The van der Waals surface area contributed by atoms with Gasteiger partial charge in [-0.15, -0.1) is 0 Å². The highest BCUT2D eigenvalue weighted by Gasteiger charge is 2.32. The summed E-state index contributed by atoms with van der Waals surface area (Å²) in [5.41, 5.74) is 0. The lowest BCUT2D eigenvalue weighted by Crippen LogP contribution is -2.96. The molecule has 1 aliphatic heterocycles. The van der Waals surface area contributed by atoms with Gasteiger partial charge < -0.3 is 10.4 Å². The Morgan fingerprint density at radius 1 is 1.62 bits per heavy atom. The molecule has 0 radical (unpaired) electrons. The Bertz CT molecular complexity index is 298. The predicted molar refractivity (Wildman–Crippen MR) is 46.1 cm³/mol. The zero-order valence-corrected chi connectivity index (χ0v) is 8.25. The van der Waals surface area contributed by atoms with E-state index < -0.39 is 21.8 Å². The van der Waals surface area contributed by atoms with E-state index in [1.807, 2.05) is 0 Å². The lowest BCUT2D eigenvalue weighted by molar-refractivity contribution is -0.703. The molecule has 1 rings (SSSR count). The summed E-state index contributed by atoms with van der Waals surface area (Å²) in [6, 6.07) is -0.630. The van der Waals surface area contributed by atoms with Crippen LogP contribution in [0.2, 0.25) is 0 Å². The van der Waals surface area contributed by atoms with E-state index in [-0.39, 0.29) is 17.5 Å². The SMILES string of the molecule is CC([NH2+]C1CCS(=O)(=O)C1)C(=O)O. The van der Waals surface area contributed by atoms with Gasteiger partial charge in [-0.1, -0.05) is 0 Å². The standard InChI is InChI=1S/C7H13NO4S/c1-5(7(9)10)8-6-2-3-13(11,12)4-6/h5-6,8H,2-4H2,1H3,(H,9,10)/p+1. The van der Waals surface area contributed by atoms with E-state index in [1.165, 1.54) is 0 Å². The lowest BCUT2D eigenvalue weighted by atomic mass is 10.2. The van der Waals surface area contributed by atoms with Gasteiger partial charge in [0.1, 0.15) is 11.8 Å². The van der Waals surface area contributed by atoms with Gasteiger partial charge in [-0.3, -0.25) is 0 Å². The molecule has 0 spiro atoms.